The average molecular weight is 593 g/mol. The first-order chi connectivity index (χ1) is 18.4. The fraction of sp³-hybridized carbons (Fsp3) is 0. The third kappa shape index (κ3) is 6.63. The molecule has 4 aromatic rings. The van der Waals surface area contributed by atoms with Gasteiger partial charge in [0.15, 0.2) is 11.6 Å². The molecule has 0 spiro atoms. The number of halogens is 4. The van der Waals surface area contributed by atoms with Gasteiger partial charge in [-0.15, -0.1) is 0 Å². The van der Waals surface area contributed by atoms with E-state index in [0.29, 0.717) is 11.1 Å². The lowest BCUT2D eigenvalue weighted by Crippen LogP contribution is -2.15. The predicted octanol–water partition coefficient (Wildman–Crippen LogP) is 6.82. The zero-order valence-electron chi connectivity index (χ0n) is 19.4. The Balaban J connectivity index is 1.50. The molecule has 1 amide bonds. The number of anilines is 2. The summed E-state index contributed by atoms with van der Waals surface area (Å²) in [5, 5.41) is 12.5. The van der Waals surface area contributed by atoms with E-state index < -0.39 is 33.5 Å². The molecule has 0 unspecified atom stereocenters. The lowest BCUT2D eigenvalue weighted by atomic mass is 10.1. The fourth-order valence-electron chi connectivity index (χ4n) is 3.33. The van der Waals surface area contributed by atoms with E-state index in [1.807, 2.05) is 0 Å². The highest BCUT2D eigenvalue weighted by Gasteiger charge is 2.18. The number of benzene rings is 4. The maximum Gasteiger partial charge on any atom is 0.337 e. The van der Waals surface area contributed by atoms with Crippen molar-refractivity contribution < 1.29 is 36.6 Å². The lowest BCUT2D eigenvalue weighted by molar-refractivity contribution is 0.0697. The number of carbonyl (C=O) groups excluding carboxylic acids is 1. The van der Waals surface area contributed by atoms with Crippen LogP contribution >= 0.6 is 23.2 Å². The van der Waals surface area contributed by atoms with E-state index in [9.17, 15) is 31.9 Å². The number of aromatic carboxylic acids is 1. The highest BCUT2D eigenvalue weighted by atomic mass is 35.5. The SMILES string of the molecule is O=C(Nc1ccc(Oc2ccc(S(=O)(=O)Nc3ccc(F)c(F)c3)cc2)cc1C(=O)O)c1ccc(Cl)cc1Cl. The van der Waals surface area contributed by atoms with Crippen LogP contribution in [-0.4, -0.2) is 25.4 Å². The molecule has 0 aliphatic carbocycles. The van der Waals surface area contributed by atoms with E-state index in [4.69, 9.17) is 27.9 Å². The van der Waals surface area contributed by atoms with Gasteiger partial charge in [-0.05, 0) is 72.8 Å². The van der Waals surface area contributed by atoms with Gasteiger partial charge in [-0.2, -0.15) is 0 Å². The van der Waals surface area contributed by atoms with Gasteiger partial charge < -0.3 is 15.2 Å². The molecule has 39 heavy (non-hydrogen) atoms. The van der Waals surface area contributed by atoms with E-state index in [1.54, 1.807) is 0 Å². The van der Waals surface area contributed by atoms with Gasteiger partial charge in [0, 0.05) is 11.1 Å². The smallest absolute Gasteiger partial charge is 0.337 e. The van der Waals surface area contributed by atoms with Gasteiger partial charge in [-0.25, -0.2) is 22.0 Å². The molecule has 8 nitrogen and oxygen atoms in total. The quantitative estimate of drug-likeness (QED) is 0.206. The number of carboxylic acid groups (broad SMARTS) is 1. The van der Waals surface area contributed by atoms with E-state index >= 15 is 0 Å². The molecule has 0 aromatic heterocycles. The molecule has 4 rings (SSSR count). The first-order valence-corrected chi connectivity index (χ1v) is 13.1. The number of hydrogen-bond acceptors (Lipinski definition) is 5. The molecule has 3 N–H and O–H groups in total. The Morgan fingerprint density at radius 2 is 1.49 bits per heavy atom. The van der Waals surface area contributed by atoms with Crippen LogP contribution in [-0.2, 0) is 10.0 Å². The average Bonchev–Trinajstić information content (AvgIpc) is 2.87. The standard InChI is InChI=1S/C26H16Cl2F2N2O6S/c27-14-1-8-19(21(28)11-14)25(33)31-24-10-5-17(13-20(24)26(34)35)38-16-3-6-18(7-4-16)39(36,37)32-15-2-9-22(29)23(30)12-15/h1-13,32H,(H,31,33)(H,34,35). The first-order valence-electron chi connectivity index (χ1n) is 10.8. The number of rotatable bonds is 8. The predicted molar refractivity (Wildman–Crippen MR) is 141 cm³/mol. The molecular formula is C26H16Cl2F2N2O6S. The van der Waals surface area contributed by atoms with Crippen LogP contribution in [0.1, 0.15) is 20.7 Å². The third-order valence-electron chi connectivity index (χ3n) is 5.19. The van der Waals surface area contributed by atoms with Crippen LogP contribution in [0, 0.1) is 11.6 Å². The largest absolute Gasteiger partial charge is 0.478 e. The van der Waals surface area contributed by atoms with Crippen molar-refractivity contribution in [3.8, 4) is 11.5 Å². The molecule has 0 fully saturated rings. The van der Waals surface area contributed by atoms with Gasteiger partial charge in [0.05, 0.1) is 32.4 Å². The molecule has 200 valence electrons. The molecule has 4 aromatic carbocycles. The third-order valence-corrected chi connectivity index (χ3v) is 7.13. The van der Waals surface area contributed by atoms with E-state index in [0.717, 1.165) is 12.1 Å². The van der Waals surface area contributed by atoms with Gasteiger partial charge in [-0.1, -0.05) is 23.2 Å². The van der Waals surface area contributed by atoms with Crippen molar-refractivity contribution in [2.75, 3.05) is 10.0 Å². The fourth-order valence-corrected chi connectivity index (χ4v) is 4.88. The summed E-state index contributed by atoms with van der Waals surface area (Å²) in [6.07, 6.45) is 0. The van der Waals surface area contributed by atoms with Crippen molar-refractivity contribution in [2.24, 2.45) is 0 Å². The van der Waals surface area contributed by atoms with Gasteiger partial charge in [-0.3, -0.25) is 9.52 Å². The minimum Gasteiger partial charge on any atom is -0.478 e. The Bertz CT molecular complexity index is 1700. The van der Waals surface area contributed by atoms with E-state index in [2.05, 4.69) is 10.0 Å². The van der Waals surface area contributed by atoms with Crippen molar-refractivity contribution in [2.45, 2.75) is 4.90 Å². The summed E-state index contributed by atoms with van der Waals surface area (Å²) in [5.41, 5.74) is -0.371. The van der Waals surface area contributed by atoms with Crippen molar-refractivity contribution >= 4 is 56.5 Å². The number of carbonyl (C=O) groups is 2. The summed E-state index contributed by atoms with van der Waals surface area (Å²) in [4.78, 5) is 24.2. The van der Waals surface area contributed by atoms with Crippen molar-refractivity contribution in [3.63, 3.8) is 0 Å². The number of amides is 1. The molecule has 0 atom stereocenters. The topological polar surface area (TPSA) is 122 Å². The molecule has 13 heteroatoms. The van der Waals surface area contributed by atoms with Crippen molar-refractivity contribution in [1.82, 2.24) is 0 Å². The van der Waals surface area contributed by atoms with Crippen LogP contribution in [0.4, 0.5) is 20.2 Å². The molecule has 0 bridgehead atoms. The second-order valence-corrected chi connectivity index (χ2v) is 10.4. The van der Waals surface area contributed by atoms with E-state index in [-0.39, 0.29) is 43.9 Å². The highest BCUT2D eigenvalue weighted by Crippen LogP contribution is 2.29. The minimum atomic E-state index is -4.13. The molecule has 0 saturated carbocycles. The summed E-state index contributed by atoms with van der Waals surface area (Å²) >= 11 is 11.9. The summed E-state index contributed by atoms with van der Waals surface area (Å²) in [6, 6.07) is 15.8. The highest BCUT2D eigenvalue weighted by molar-refractivity contribution is 7.92. The Hall–Kier alpha value is -4.19. The maximum atomic E-state index is 13.4. The zero-order valence-corrected chi connectivity index (χ0v) is 21.7. The first kappa shape index (κ1) is 27.8. The number of sulfonamides is 1. The van der Waals surface area contributed by atoms with Crippen LogP contribution < -0.4 is 14.8 Å². The molecule has 0 saturated heterocycles. The number of ether oxygens (including phenoxy) is 1. The van der Waals surface area contributed by atoms with Gasteiger partial charge >= 0.3 is 5.97 Å². The molecule has 0 aliphatic rings. The van der Waals surface area contributed by atoms with Crippen LogP contribution in [0.2, 0.25) is 10.0 Å². The second-order valence-electron chi connectivity index (χ2n) is 7.90. The summed E-state index contributed by atoms with van der Waals surface area (Å²) in [5.74, 6) is -4.07. The lowest BCUT2D eigenvalue weighted by Gasteiger charge is -2.13. The summed E-state index contributed by atoms with van der Waals surface area (Å²) < 4.78 is 59.4. The van der Waals surface area contributed by atoms with Crippen LogP contribution in [0.3, 0.4) is 0 Å². The van der Waals surface area contributed by atoms with Gasteiger partial charge in [0.25, 0.3) is 15.9 Å². The van der Waals surface area contributed by atoms with Crippen LogP contribution in [0.25, 0.3) is 0 Å². The van der Waals surface area contributed by atoms with Crippen molar-refractivity contribution in [3.05, 3.63) is 112 Å². The minimum absolute atomic E-state index is 0.0180. The monoisotopic (exact) mass is 592 g/mol. The summed E-state index contributed by atoms with van der Waals surface area (Å²) in [6.45, 7) is 0. The Labute approximate surface area is 230 Å². The number of nitrogens with one attached hydrogen (secondary N) is 2. The molecular weight excluding hydrogens is 577 g/mol. The zero-order chi connectivity index (χ0) is 28.3. The maximum absolute atomic E-state index is 13.4. The Morgan fingerprint density at radius 1 is 0.795 bits per heavy atom. The molecule has 0 aliphatic heterocycles. The summed E-state index contributed by atoms with van der Waals surface area (Å²) in [7, 11) is -4.13. The van der Waals surface area contributed by atoms with Gasteiger partial charge in [0.1, 0.15) is 11.5 Å². The second kappa shape index (κ2) is 11.3. The van der Waals surface area contributed by atoms with Crippen LogP contribution in [0.15, 0.2) is 83.8 Å². The van der Waals surface area contributed by atoms with E-state index in [1.165, 1.54) is 60.7 Å². The number of hydrogen-bond donors (Lipinski definition) is 3. The van der Waals surface area contributed by atoms with Crippen LogP contribution in [0.5, 0.6) is 11.5 Å². The number of carboxylic acids is 1. The Kier molecular flexibility index (Phi) is 8.05. The molecule has 0 heterocycles. The Morgan fingerprint density at radius 3 is 2.13 bits per heavy atom. The normalized spacial score (nSPS) is 11.1. The van der Waals surface area contributed by atoms with Gasteiger partial charge in [0.2, 0.25) is 0 Å². The van der Waals surface area contributed by atoms with Crippen molar-refractivity contribution in [1.29, 1.82) is 0 Å². The molecule has 0 radical (unpaired) electrons.